The first kappa shape index (κ1) is 13.3. The van der Waals surface area contributed by atoms with Gasteiger partial charge >= 0.3 is 5.97 Å². The molecule has 1 aromatic rings. The molecule has 0 aromatic heterocycles. The highest BCUT2D eigenvalue weighted by Crippen LogP contribution is 2.18. The molecule has 0 bridgehead atoms. The Morgan fingerprint density at radius 1 is 1.24 bits per heavy atom. The molecule has 0 atom stereocenters. The summed E-state index contributed by atoms with van der Waals surface area (Å²) in [6, 6.07) is 1.91. The number of esters is 1. The first-order chi connectivity index (χ1) is 8.02. The Kier molecular flexibility index (Phi) is 4.31. The molecule has 1 aromatic carbocycles. The van der Waals surface area contributed by atoms with Crippen LogP contribution in [-0.2, 0) is 16.0 Å². The van der Waals surface area contributed by atoms with E-state index >= 15 is 0 Å². The number of halogens is 2. The molecule has 0 saturated heterocycles. The SMILES string of the molecule is CCOC(=O)C(=O)c1ccc(F)c(CC)c1F. The molecule has 0 aliphatic carbocycles. The van der Waals surface area contributed by atoms with E-state index in [0.29, 0.717) is 0 Å². The number of rotatable bonds is 4. The predicted molar refractivity (Wildman–Crippen MR) is 56.7 cm³/mol. The Morgan fingerprint density at radius 2 is 1.88 bits per heavy atom. The molecular formula is C12H12F2O3. The first-order valence-electron chi connectivity index (χ1n) is 5.21. The Hall–Kier alpha value is -1.78. The van der Waals surface area contributed by atoms with Crippen LogP contribution in [0.3, 0.4) is 0 Å². The van der Waals surface area contributed by atoms with Crippen molar-refractivity contribution in [1.29, 1.82) is 0 Å². The Morgan fingerprint density at radius 3 is 2.41 bits per heavy atom. The van der Waals surface area contributed by atoms with Crippen LogP contribution in [0.1, 0.15) is 29.8 Å². The summed E-state index contributed by atoms with van der Waals surface area (Å²) in [6.07, 6.45) is 0.0988. The molecule has 0 aliphatic rings. The second kappa shape index (κ2) is 5.52. The quantitative estimate of drug-likeness (QED) is 0.462. The Balaban J connectivity index is 3.15. The number of benzene rings is 1. The molecule has 0 heterocycles. The van der Waals surface area contributed by atoms with E-state index in [1.54, 1.807) is 6.92 Å². The molecule has 0 unspecified atom stereocenters. The molecule has 0 fully saturated rings. The van der Waals surface area contributed by atoms with Crippen molar-refractivity contribution < 1.29 is 23.1 Å². The average molecular weight is 242 g/mol. The molecule has 0 saturated carbocycles. The molecule has 0 radical (unpaired) electrons. The molecule has 92 valence electrons. The summed E-state index contributed by atoms with van der Waals surface area (Å²) in [5, 5.41) is 0. The van der Waals surface area contributed by atoms with Gasteiger partial charge in [-0.3, -0.25) is 4.79 Å². The Labute approximate surface area is 97.4 Å². The van der Waals surface area contributed by atoms with Crippen LogP contribution in [0.25, 0.3) is 0 Å². The van der Waals surface area contributed by atoms with E-state index < -0.39 is 29.0 Å². The maximum Gasteiger partial charge on any atom is 0.379 e. The summed E-state index contributed by atoms with van der Waals surface area (Å²) in [4.78, 5) is 22.6. The van der Waals surface area contributed by atoms with Crippen LogP contribution in [0.5, 0.6) is 0 Å². The number of carbonyl (C=O) groups excluding carboxylic acids is 2. The van der Waals surface area contributed by atoms with E-state index in [0.717, 1.165) is 12.1 Å². The summed E-state index contributed by atoms with van der Waals surface area (Å²) in [5.41, 5.74) is -0.665. The molecule has 5 heteroatoms. The highest BCUT2D eigenvalue weighted by molar-refractivity contribution is 6.40. The second-order valence-electron chi connectivity index (χ2n) is 3.29. The second-order valence-corrected chi connectivity index (χ2v) is 3.29. The van der Waals surface area contributed by atoms with Crippen molar-refractivity contribution in [3.63, 3.8) is 0 Å². The van der Waals surface area contributed by atoms with E-state index in [1.165, 1.54) is 6.92 Å². The number of carbonyl (C=O) groups is 2. The minimum Gasteiger partial charge on any atom is -0.460 e. The van der Waals surface area contributed by atoms with E-state index in [1.807, 2.05) is 0 Å². The summed E-state index contributed by atoms with van der Waals surface area (Å²) in [6.45, 7) is 3.11. The van der Waals surface area contributed by atoms with Gasteiger partial charge in [-0.25, -0.2) is 13.6 Å². The van der Waals surface area contributed by atoms with Gasteiger partial charge in [0.15, 0.2) is 0 Å². The molecule has 3 nitrogen and oxygen atoms in total. The zero-order valence-electron chi connectivity index (χ0n) is 9.55. The number of hydrogen-bond acceptors (Lipinski definition) is 3. The molecule has 0 spiro atoms. The zero-order valence-corrected chi connectivity index (χ0v) is 9.55. The largest absolute Gasteiger partial charge is 0.460 e. The van der Waals surface area contributed by atoms with E-state index in [-0.39, 0.29) is 18.6 Å². The third-order valence-corrected chi connectivity index (χ3v) is 2.25. The van der Waals surface area contributed by atoms with Gasteiger partial charge < -0.3 is 4.74 Å². The van der Waals surface area contributed by atoms with Crippen molar-refractivity contribution in [2.75, 3.05) is 6.61 Å². The van der Waals surface area contributed by atoms with Gasteiger partial charge in [0.1, 0.15) is 11.6 Å². The van der Waals surface area contributed by atoms with E-state index in [4.69, 9.17) is 0 Å². The highest BCUT2D eigenvalue weighted by Gasteiger charge is 2.23. The summed E-state index contributed by atoms with van der Waals surface area (Å²) < 4.78 is 31.4. The lowest BCUT2D eigenvalue weighted by Crippen LogP contribution is -2.19. The van der Waals surface area contributed by atoms with Gasteiger partial charge in [0.05, 0.1) is 12.2 Å². The summed E-state index contributed by atoms with van der Waals surface area (Å²) in [7, 11) is 0. The monoisotopic (exact) mass is 242 g/mol. The maximum atomic E-state index is 13.7. The lowest BCUT2D eigenvalue weighted by Gasteiger charge is -2.06. The average Bonchev–Trinajstić information content (AvgIpc) is 2.29. The number of Topliss-reactive ketones (excluding diaryl/α,β-unsaturated/α-hetero) is 1. The topological polar surface area (TPSA) is 43.4 Å². The highest BCUT2D eigenvalue weighted by atomic mass is 19.1. The van der Waals surface area contributed by atoms with Gasteiger partial charge in [0, 0.05) is 5.56 Å². The number of ether oxygens (including phenoxy) is 1. The van der Waals surface area contributed by atoms with Crippen molar-refractivity contribution in [3.8, 4) is 0 Å². The molecular weight excluding hydrogens is 230 g/mol. The van der Waals surface area contributed by atoms with Crippen molar-refractivity contribution in [1.82, 2.24) is 0 Å². The van der Waals surface area contributed by atoms with Gasteiger partial charge in [0.25, 0.3) is 5.78 Å². The Bertz CT molecular complexity index is 455. The fourth-order valence-electron chi connectivity index (χ4n) is 1.40. The zero-order chi connectivity index (χ0) is 13.0. The normalized spacial score (nSPS) is 10.1. The minimum absolute atomic E-state index is 0.0218. The molecule has 0 N–H and O–H groups in total. The van der Waals surface area contributed by atoms with Gasteiger partial charge in [-0.15, -0.1) is 0 Å². The first-order valence-corrected chi connectivity index (χ1v) is 5.21. The lowest BCUT2D eigenvalue weighted by molar-refractivity contribution is -0.137. The maximum absolute atomic E-state index is 13.7. The number of hydrogen-bond donors (Lipinski definition) is 0. The standard InChI is InChI=1S/C12H12F2O3/c1-3-7-9(13)6-5-8(10(7)14)11(15)12(16)17-4-2/h5-6H,3-4H2,1-2H3. The van der Waals surface area contributed by atoms with Crippen LogP contribution in [0.15, 0.2) is 12.1 Å². The fourth-order valence-corrected chi connectivity index (χ4v) is 1.40. The lowest BCUT2D eigenvalue weighted by atomic mass is 10.0. The fraction of sp³-hybridized carbons (Fsp3) is 0.333. The van der Waals surface area contributed by atoms with Gasteiger partial charge in [-0.05, 0) is 25.5 Å². The molecule has 0 aliphatic heterocycles. The molecule has 1 rings (SSSR count). The van der Waals surface area contributed by atoms with Crippen LogP contribution in [0, 0.1) is 11.6 Å². The molecule has 0 amide bonds. The van der Waals surface area contributed by atoms with Crippen molar-refractivity contribution in [2.45, 2.75) is 20.3 Å². The van der Waals surface area contributed by atoms with Crippen LogP contribution in [0.2, 0.25) is 0 Å². The van der Waals surface area contributed by atoms with Crippen LogP contribution in [-0.4, -0.2) is 18.4 Å². The summed E-state index contributed by atoms with van der Waals surface area (Å²) >= 11 is 0. The van der Waals surface area contributed by atoms with Crippen molar-refractivity contribution >= 4 is 11.8 Å². The van der Waals surface area contributed by atoms with Crippen molar-refractivity contribution in [2.24, 2.45) is 0 Å². The minimum atomic E-state index is -1.14. The molecule has 17 heavy (non-hydrogen) atoms. The van der Waals surface area contributed by atoms with Gasteiger partial charge in [-0.1, -0.05) is 6.92 Å². The van der Waals surface area contributed by atoms with Crippen LogP contribution < -0.4 is 0 Å². The van der Waals surface area contributed by atoms with Gasteiger partial charge in [-0.2, -0.15) is 0 Å². The smallest absolute Gasteiger partial charge is 0.379 e. The van der Waals surface area contributed by atoms with E-state index in [2.05, 4.69) is 4.74 Å². The number of ketones is 1. The van der Waals surface area contributed by atoms with Gasteiger partial charge in [0.2, 0.25) is 0 Å². The summed E-state index contributed by atoms with van der Waals surface area (Å²) in [5.74, 6) is -3.96. The van der Waals surface area contributed by atoms with E-state index in [9.17, 15) is 18.4 Å². The van der Waals surface area contributed by atoms with Crippen LogP contribution >= 0.6 is 0 Å². The third-order valence-electron chi connectivity index (χ3n) is 2.25. The third kappa shape index (κ3) is 2.67. The van der Waals surface area contributed by atoms with Crippen LogP contribution in [0.4, 0.5) is 8.78 Å². The predicted octanol–water partition coefficient (Wildman–Crippen LogP) is 2.27. The van der Waals surface area contributed by atoms with Crippen molar-refractivity contribution in [3.05, 3.63) is 34.9 Å².